The Bertz CT molecular complexity index is 916. The molecule has 6 nitrogen and oxygen atoms in total. The van der Waals surface area contributed by atoms with Crippen LogP contribution in [0.15, 0.2) is 59.6 Å². The Balaban J connectivity index is 0.00000306. The van der Waals surface area contributed by atoms with E-state index in [2.05, 4.69) is 50.9 Å². The predicted molar refractivity (Wildman–Crippen MR) is 143 cm³/mol. The SMILES string of the molecule is CN=C(NCc1cccc(C(=O)NCC2CCCO2)c1)N1CCC(Cc2ccccc2)C1.I. The molecule has 2 aliphatic rings. The Hall–Kier alpha value is -2.13. The van der Waals surface area contributed by atoms with Gasteiger partial charge in [0.1, 0.15) is 0 Å². The highest BCUT2D eigenvalue weighted by Gasteiger charge is 2.25. The average Bonchev–Trinajstić information content (AvgIpc) is 3.51. The number of halogens is 1. The number of carbonyl (C=O) groups excluding carboxylic acids is 1. The number of amides is 1. The van der Waals surface area contributed by atoms with Gasteiger partial charge in [0, 0.05) is 45.4 Å². The van der Waals surface area contributed by atoms with E-state index in [1.165, 1.54) is 12.0 Å². The fraction of sp³-hybridized carbons (Fsp3) is 0.462. The molecule has 2 aliphatic heterocycles. The maximum atomic E-state index is 12.5. The van der Waals surface area contributed by atoms with E-state index in [4.69, 9.17) is 4.74 Å². The highest BCUT2D eigenvalue weighted by atomic mass is 127. The van der Waals surface area contributed by atoms with E-state index in [0.717, 1.165) is 50.5 Å². The molecule has 2 heterocycles. The van der Waals surface area contributed by atoms with E-state index >= 15 is 0 Å². The van der Waals surface area contributed by atoms with Crippen LogP contribution < -0.4 is 10.6 Å². The Morgan fingerprint density at radius 1 is 1.09 bits per heavy atom. The highest BCUT2D eigenvalue weighted by Crippen LogP contribution is 2.21. The zero-order valence-electron chi connectivity index (χ0n) is 19.3. The predicted octanol–water partition coefficient (Wildman–Crippen LogP) is 3.85. The molecule has 0 spiro atoms. The van der Waals surface area contributed by atoms with Gasteiger partial charge in [-0.3, -0.25) is 9.79 Å². The molecule has 2 aromatic rings. The van der Waals surface area contributed by atoms with Crippen LogP contribution >= 0.6 is 24.0 Å². The van der Waals surface area contributed by atoms with E-state index in [1.54, 1.807) is 0 Å². The number of nitrogens with zero attached hydrogens (tertiary/aromatic N) is 2. The van der Waals surface area contributed by atoms with Crippen LogP contribution in [0.3, 0.4) is 0 Å². The lowest BCUT2D eigenvalue weighted by molar-refractivity contribution is 0.0857. The first-order chi connectivity index (χ1) is 15.7. The molecule has 2 aromatic carbocycles. The van der Waals surface area contributed by atoms with E-state index in [0.29, 0.717) is 24.6 Å². The maximum Gasteiger partial charge on any atom is 0.251 e. The van der Waals surface area contributed by atoms with Crippen LogP contribution in [0.25, 0.3) is 0 Å². The second-order valence-corrected chi connectivity index (χ2v) is 8.74. The lowest BCUT2D eigenvalue weighted by atomic mass is 9.99. The third-order valence-corrected chi connectivity index (χ3v) is 6.32. The Labute approximate surface area is 214 Å². The van der Waals surface area contributed by atoms with Crippen molar-refractivity contribution < 1.29 is 9.53 Å². The molecule has 33 heavy (non-hydrogen) atoms. The summed E-state index contributed by atoms with van der Waals surface area (Å²) in [7, 11) is 1.84. The van der Waals surface area contributed by atoms with Gasteiger partial charge in [0.15, 0.2) is 5.96 Å². The van der Waals surface area contributed by atoms with Crippen molar-refractivity contribution in [1.29, 1.82) is 0 Å². The van der Waals surface area contributed by atoms with Crippen molar-refractivity contribution in [2.45, 2.75) is 38.3 Å². The Morgan fingerprint density at radius 3 is 2.67 bits per heavy atom. The average molecular weight is 562 g/mol. The largest absolute Gasteiger partial charge is 0.376 e. The molecular weight excluding hydrogens is 527 g/mol. The number of hydrogen-bond acceptors (Lipinski definition) is 3. The summed E-state index contributed by atoms with van der Waals surface area (Å²) in [5.74, 6) is 1.52. The van der Waals surface area contributed by atoms with Crippen LogP contribution in [-0.4, -0.2) is 56.2 Å². The molecule has 4 rings (SSSR count). The number of ether oxygens (including phenoxy) is 1. The highest BCUT2D eigenvalue weighted by molar-refractivity contribution is 14.0. The summed E-state index contributed by atoms with van der Waals surface area (Å²) < 4.78 is 5.59. The number of aliphatic imine (C=N–C) groups is 1. The first-order valence-corrected chi connectivity index (χ1v) is 11.7. The molecule has 1 amide bonds. The van der Waals surface area contributed by atoms with E-state index in [-0.39, 0.29) is 36.0 Å². The molecule has 0 aliphatic carbocycles. The number of rotatable bonds is 7. The zero-order chi connectivity index (χ0) is 22.2. The topological polar surface area (TPSA) is 66.0 Å². The van der Waals surface area contributed by atoms with Gasteiger partial charge in [-0.15, -0.1) is 24.0 Å². The molecule has 7 heteroatoms. The number of carbonyl (C=O) groups is 1. The molecule has 0 aromatic heterocycles. The van der Waals surface area contributed by atoms with Gasteiger partial charge in [-0.2, -0.15) is 0 Å². The molecule has 178 valence electrons. The number of guanidine groups is 1. The van der Waals surface area contributed by atoms with Crippen molar-refractivity contribution >= 4 is 35.8 Å². The van der Waals surface area contributed by atoms with Gasteiger partial charge in [0.25, 0.3) is 5.91 Å². The van der Waals surface area contributed by atoms with Gasteiger partial charge in [0.2, 0.25) is 0 Å². The van der Waals surface area contributed by atoms with Crippen molar-refractivity contribution in [3.8, 4) is 0 Å². The van der Waals surface area contributed by atoms with Gasteiger partial charge in [-0.1, -0.05) is 42.5 Å². The molecule has 2 saturated heterocycles. The zero-order valence-corrected chi connectivity index (χ0v) is 21.7. The van der Waals surface area contributed by atoms with Crippen molar-refractivity contribution in [2.24, 2.45) is 10.9 Å². The Morgan fingerprint density at radius 2 is 1.91 bits per heavy atom. The summed E-state index contributed by atoms with van der Waals surface area (Å²) >= 11 is 0. The first-order valence-electron chi connectivity index (χ1n) is 11.7. The summed E-state index contributed by atoms with van der Waals surface area (Å²) in [4.78, 5) is 19.4. The monoisotopic (exact) mass is 562 g/mol. The minimum atomic E-state index is -0.0463. The van der Waals surface area contributed by atoms with Crippen LogP contribution in [0.1, 0.15) is 40.7 Å². The molecule has 0 saturated carbocycles. The third-order valence-electron chi connectivity index (χ3n) is 6.32. The van der Waals surface area contributed by atoms with Crippen molar-refractivity contribution in [3.05, 3.63) is 71.3 Å². The van der Waals surface area contributed by atoms with E-state index in [9.17, 15) is 4.79 Å². The Kier molecular flexibility index (Phi) is 9.99. The smallest absolute Gasteiger partial charge is 0.251 e. The standard InChI is InChI=1S/C26H34N4O2.HI/c1-27-26(30-13-12-22(19-30)15-20-7-3-2-4-8-20)29-17-21-9-5-10-23(16-21)25(31)28-18-24-11-6-14-32-24;/h2-5,7-10,16,22,24H,6,11-15,17-19H2,1H3,(H,27,29)(H,28,31);1H. The van der Waals surface area contributed by atoms with Crippen LogP contribution in [-0.2, 0) is 17.7 Å². The molecular formula is C26H35IN4O2. The minimum absolute atomic E-state index is 0. The second kappa shape index (κ2) is 12.9. The van der Waals surface area contributed by atoms with Crippen LogP contribution in [0.2, 0.25) is 0 Å². The first kappa shape index (κ1) is 25.5. The fourth-order valence-electron chi connectivity index (χ4n) is 4.59. The fourth-order valence-corrected chi connectivity index (χ4v) is 4.59. The number of hydrogen-bond donors (Lipinski definition) is 2. The third kappa shape index (κ3) is 7.43. The van der Waals surface area contributed by atoms with Gasteiger partial charge >= 0.3 is 0 Å². The summed E-state index contributed by atoms with van der Waals surface area (Å²) in [6, 6.07) is 18.5. The summed E-state index contributed by atoms with van der Waals surface area (Å²) in [5, 5.41) is 6.48. The number of benzene rings is 2. The van der Waals surface area contributed by atoms with Gasteiger partial charge in [-0.05, 0) is 54.9 Å². The van der Waals surface area contributed by atoms with E-state index < -0.39 is 0 Å². The molecule has 0 radical (unpaired) electrons. The molecule has 2 atom stereocenters. The van der Waals surface area contributed by atoms with Crippen LogP contribution in [0, 0.1) is 5.92 Å². The number of likely N-dealkylation sites (tertiary alicyclic amines) is 1. The van der Waals surface area contributed by atoms with Crippen LogP contribution in [0.5, 0.6) is 0 Å². The van der Waals surface area contributed by atoms with Crippen LogP contribution in [0.4, 0.5) is 0 Å². The van der Waals surface area contributed by atoms with Gasteiger partial charge < -0.3 is 20.3 Å². The quantitative estimate of drug-likeness (QED) is 0.306. The van der Waals surface area contributed by atoms with Gasteiger partial charge in [-0.25, -0.2) is 0 Å². The molecule has 2 N–H and O–H groups in total. The molecule has 0 bridgehead atoms. The molecule has 2 fully saturated rings. The lowest BCUT2D eigenvalue weighted by Gasteiger charge is -2.22. The number of nitrogens with one attached hydrogen (secondary N) is 2. The van der Waals surface area contributed by atoms with Crippen molar-refractivity contribution in [1.82, 2.24) is 15.5 Å². The van der Waals surface area contributed by atoms with E-state index in [1.807, 2.05) is 31.3 Å². The summed E-state index contributed by atoms with van der Waals surface area (Å²) in [6.07, 6.45) is 4.53. The van der Waals surface area contributed by atoms with Crippen molar-refractivity contribution in [2.75, 3.05) is 33.3 Å². The van der Waals surface area contributed by atoms with Crippen molar-refractivity contribution in [3.63, 3.8) is 0 Å². The molecule has 2 unspecified atom stereocenters. The maximum absolute atomic E-state index is 12.5. The summed E-state index contributed by atoms with van der Waals surface area (Å²) in [6.45, 7) is 4.04. The lowest BCUT2D eigenvalue weighted by Crippen LogP contribution is -2.39. The second-order valence-electron chi connectivity index (χ2n) is 8.74. The minimum Gasteiger partial charge on any atom is -0.376 e. The normalized spacial score (nSPS) is 20.4. The summed E-state index contributed by atoms with van der Waals surface area (Å²) in [5.41, 5.74) is 3.15. The van der Waals surface area contributed by atoms with Gasteiger partial charge in [0.05, 0.1) is 6.10 Å².